The molecule has 2 aromatic rings. The summed E-state index contributed by atoms with van der Waals surface area (Å²) < 4.78 is 7.11. The van der Waals surface area contributed by atoms with Crippen LogP contribution in [0.15, 0.2) is 30.3 Å². The van der Waals surface area contributed by atoms with E-state index in [9.17, 15) is 9.59 Å². The average Bonchev–Trinajstić information content (AvgIpc) is 3.37. The number of hydrogen-bond donors (Lipinski definition) is 1. The minimum absolute atomic E-state index is 0.115. The third kappa shape index (κ3) is 4.71. The van der Waals surface area contributed by atoms with Gasteiger partial charge in [0.05, 0.1) is 5.54 Å². The molecule has 1 aromatic carbocycles. The molecular weight excluding hydrogens is 358 g/mol. The summed E-state index contributed by atoms with van der Waals surface area (Å²) in [4.78, 5) is 25.1. The van der Waals surface area contributed by atoms with E-state index in [2.05, 4.69) is 25.9 Å². The van der Waals surface area contributed by atoms with Gasteiger partial charge in [-0.1, -0.05) is 12.1 Å². The molecule has 0 aliphatic heterocycles. The van der Waals surface area contributed by atoms with Crippen LogP contribution in [-0.2, 0) is 16.9 Å². The van der Waals surface area contributed by atoms with Crippen molar-refractivity contribution in [2.24, 2.45) is 0 Å². The number of nitrogens with zero attached hydrogens (tertiary/aromatic N) is 3. The topological polar surface area (TPSA) is 84.7 Å². The van der Waals surface area contributed by atoms with Gasteiger partial charge in [-0.2, -0.15) is 5.10 Å². The standard InChI is InChI=1S/C21H27N3O4/c1-21(2,3)24-18(15-7-8-15)11-17(22-24)20(27)23(4)12-14-5-9-16(10-6-14)28-13-19(25)26/h5-6,9-11,15H,7-8,12-13H2,1-4H3,(H,25,26). The molecule has 1 fully saturated rings. The maximum absolute atomic E-state index is 12.9. The van der Waals surface area contributed by atoms with Crippen LogP contribution in [0.2, 0.25) is 0 Å². The normalized spacial score (nSPS) is 14.0. The van der Waals surface area contributed by atoms with Gasteiger partial charge in [-0.25, -0.2) is 4.79 Å². The summed E-state index contributed by atoms with van der Waals surface area (Å²) >= 11 is 0. The quantitative estimate of drug-likeness (QED) is 0.791. The molecule has 1 aromatic heterocycles. The van der Waals surface area contributed by atoms with Gasteiger partial charge in [-0.05, 0) is 57.4 Å². The highest BCUT2D eigenvalue weighted by Crippen LogP contribution is 2.41. The Morgan fingerprint density at radius 1 is 1.25 bits per heavy atom. The fourth-order valence-corrected chi connectivity index (χ4v) is 3.08. The fourth-order valence-electron chi connectivity index (χ4n) is 3.08. The monoisotopic (exact) mass is 385 g/mol. The van der Waals surface area contributed by atoms with Crippen molar-refractivity contribution in [1.29, 1.82) is 0 Å². The van der Waals surface area contributed by atoms with E-state index >= 15 is 0 Å². The highest BCUT2D eigenvalue weighted by Gasteiger charge is 2.33. The first kappa shape index (κ1) is 19.9. The largest absolute Gasteiger partial charge is 0.482 e. The lowest BCUT2D eigenvalue weighted by Gasteiger charge is -2.22. The summed E-state index contributed by atoms with van der Waals surface area (Å²) in [7, 11) is 1.75. The second-order valence-electron chi connectivity index (χ2n) is 8.30. The molecule has 0 radical (unpaired) electrons. The lowest BCUT2D eigenvalue weighted by molar-refractivity contribution is -0.139. The number of carboxylic acid groups (broad SMARTS) is 1. The molecule has 0 atom stereocenters. The third-order valence-corrected chi connectivity index (χ3v) is 4.64. The first-order valence-corrected chi connectivity index (χ1v) is 9.44. The van der Waals surface area contributed by atoms with E-state index in [1.54, 1.807) is 24.1 Å². The SMILES string of the molecule is CN(Cc1ccc(OCC(=O)O)cc1)C(=O)c1cc(C2CC2)n(C(C)(C)C)n1. The van der Waals surface area contributed by atoms with Gasteiger partial charge in [-0.3, -0.25) is 9.48 Å². The average molecular weight is 385 g/mol. The molecule has 0 unspecified atom stereocenters. The predicted octanol–water partition coefficient (Wildman–Crippen LogP) is 3.25. The number of hydrogen-bond acceptors (Lipinski definition) is 4. The predicted molar refractivity (Wildman–Crippen MR) is 105 cm³/mol. The summed E-state index contributed by atoms with van der Waals surface area (Å²) in [6, 6.07) is 8.99. The van der Waals surface area contributed by atoms with Gasteiger partial charge in [0.15, 0.2) is 12.3 Å². The Hall–Kier alpha value is -2.83. The zero-order valence-corrected chi connectivity index (χ0v) is 16.8. The number of carboxylic acids is 1. The number of carbonyl (C=O) groups excluding carboxylic acids is 1. The molecule has 150 valence electrons. The van der Waals surface area contributed by atoms with Crippen LogP contribution in [0.3, 0.4) is 0 Å². The van der Waals surface area contributed by atoms with E-state index in [0.717, 1.165) is 24.1 Å². The van der Waals surface area contributed by atoms with Gasteiger partial charge in [0, 0.05) is 25.2 Å². The summed E-state index contributed by atoms with van der Waals surface area (Å²) in [5.41, 5.74) is 2.38. The number of aromatic nitrogens is 2. The van der Waals surface area contributed by atoms with Crippen LogP contribution in [0.25, 0.3) is 0 Å². The zero-order chi connectivity index (χ0) is 20.5. The molecule has 1 amide bonds. The molecule has 0 bridgehead atoms. The number of aliphatic carboxylic acids is 1. The molecule has 1 saturated carbocycles. The minimum atomic E-state index is -1.02. The smallest absolute Gasteiger partial charge is 0.341 e. The second kappa shape index (κ2) is 7.66. The molecule has 7 heteroatoms. The molecule has 28 heavy (non-hydrogen) atoms. The molecule has 7 nitrogen and oxygen atoms in total. The summed E-state index contributed by atoms with van der Waals surface area (Å²) in [5, 5.41) is 13.3. The van der Waals surface area contributed by atoms with Gasteiger partial charge in [0.25, 0.3) is 5.91 Å². The maximum Gasteiger partial charge on any atom is 0.341 e. The van der Waals surface area contributed by atoms with E-state index in [-0.39, 0.29) is 18.1 Å². The first-order chi connectivity index (χ1) is 13.1. The van der Waals surface area contributed by atoms with Crippen molar-refractivity contribution in [2.75, 3.05) is 13.7 Å². The van der Waals surface area contributed by atoms with Gasteiger partial charge in [0.2, 0.25) is 0 Å². The van der Waals surface area contributed by atoms with Gasteiger partial charge < -0.3 is 14.7 Å². The Morgan fingerprint density at radius 3 is 2.43 bits per heavy atom. The van der Waals surface area contributed by atoms with Crippen molar-refractivity contribution >= 4 is 11.9 Å². The van der Waals surface area contributed by atoms with Crippen molar-refractivity contribution in [3.05, 3.63) is 47.3 Å². The number of ether oxygens (including phenoxy) is 1. The van der Waals surface area contributed by atoms with Crippen LogP contribution in [0.4, 0.5) is 0 Å². The highest BCUT2D eigenvalue weighted by atomic mass is 16.5. The molecule has 0 saturated heterocycles. The minimum Gasteiger partial charge on any atom is -0.482 e. The van der Waals surface area contributed by atoms with E-state index in [4.69, 9.17) is 9.84 Å². The molecule has 1 aliphatic rings. The summed E-state index contributed by atoms with van der Waals surface area (Å²) in [5.74, 6) is -0.138. The van der Waals surface area contributed by atoms with Crippen molar-refractivity contribution in [1.82, 2.24) is 14.7 Å². The summed E-state index contributed by atoms with van der Waals surface area (Å²) in [6.45, 7) is 6.34. The van der Waals surface area contributed by atoms with E-state index in [1.165, 1.54) is 0 Å². The van der Waals surface area contributed by atoms with Crippen molar-refractivity contribution in [2.45, 2.75) is 51.6 Å². The Balaban J connectivity index is 1.68. The first-order valence-electron chi connectivity index (χ1n) is 9.44. The van der Waals surface area contributed by atoms with Crippen molar-refractivity contribution in [3.8, 4) is 5.75 Å². The van der Waals surface area contributed by atoms with E-state index in [1.807, 2.05) is 22.9 Å². The van der Waals surface area contributed by atoms with Gasteiger partial charge in [0.1, 0.15) is 5.75 Å². The van der Waals surface area contributed by atoms with Crippen LogP contribution < -0.4 is 4.74 Å². The molecule has 1 heterocycles. The molecule has 3 rings (SSSR count). The van der Waals surface area contributed by atoms with Crippen molar-refractivity contribution < 1.29 is 19.4 Å². The van der Waals surface area contributed by atoms with Crippen LogP contribution in [0.1, 0.15) is 61.3 Å². The molecular formula is C21H27N3O4. The molecule has 1 aliphatic carbocycles. The molecule has 0 spiro atoms. The third-order valence-electron chi connectivity index (χ3n) is 4.64. The Bertz CT molecular complexity index is 861. The fraction of sp³-hybridized carbons (Fsp3) is 0.476. The highest BCUT2D eigenvalue weighted by molar-refractivity contribution is 5.92. The van der Waals surface area contributed by atoms with Crippen LogP contribution in [0.5, 0.6) is 5.75 Å². The number of benzene rings is 1. The number of rotatable bonds is 7. The van der Waals surface area contributed by atoms with Gasteiger partial charge >= 0.3 is 5.97 Å². The van der Waals surface area contributed by atoms with E-state index < -0.39 is 5.97 Å². The Morgan fingerprint density at radius 2 is 1.89 bits per heavy atom. The number of amides is 1. The van der Waals surface area contributed by atoms with Crippen molar-refractivity contribution in [3.63, 3.8) is 0 Å². The van der Waals surface area contributed by atoms with Crippen LogP contribution in [0, 0.1) is 0 Å². The van der Waals surface area contributed by atoms with Crippen LogP contribution in [-0.4, -0.2) is 45.3 Å². The van der Waals surface area contributed by atoms with Crippen LogP contribution >= 0.6 is 0 Å². The Labute approximate surface area is 164 Å². The molecule has 1 N–H and O–H groups in total. The maximum atomic E-state index is 12.9. The van der Waals surface area contributed by atoms with E-state index in [0.29, 0.717) is 23.9 Å². The lowest BCUT2D eigenvalue weighted by Crippen LogP contribution is -2.28. The van der Waals surface area contributed by atoms with Gasteiger partial charge in [-0.15, -0.1) is 0 Å². The zero-order valence-electron chi connectivity index (χ0n) is 16.8. The second-order valence-corrected chi connectivity index (χ2v) is 8.30. The number of carbonyl (C=O) groups is 2. The summed E-state index contributed by atoms with van der Waals surface area (Å²) in [6.07, 6.45) is 2.31. The lowest BCUT2D eigenvalue weighted by atomic mass is 10.1. The Kier molecular flexibility index (Phi) is 5.45.